The first-order chi connectivity index (χ1) is 14.7. The number of amides is 3. The molecule has 0 aromatic heterocycles. The molecule has 2 aromatic rings. The summed E-state index contributed by atoms with van der Waals surface area (Å²) in [6, 6.07) is 14.0. The van der Waals surface area contributed by atoms with Crippen molar-refractivity contribution in [2.24, 2.45) is 0 Å². The number of nitrogens with one attached hydrogen (secondary N) is 3. The highest BCUT2D eigenvalue weighted by Crippen LogP contribution is 2.18. The molecule has 2 rings (SSSR count). The summed E-state index contributed by atoms with van der Waals surface area (Å²) in [5.74, 6) is 0.0501. The Balaban J connectivity index is 1.90. The van der Waals surface area contributed by atoms with Crippen LogP contribution in [-0.4, -0.2) is 36.7 Å². The molecular weight excluding hydrogens is 398 g/mol. The average molecular weight is 428 g/mol. The van der Waals surface area contributed by atoms with E-state index in [0.29, 0.717) is 23.6 Å². The van der Waals surface area contributed by atoms with Crippen LogP contribution in [0.4, 0.5) is 10.5 Å². The molecule has 0 aliphatic carbocycles. The van der Waals surface area contributed by atoms with E-state index in [9.17, 15) is 14.4 Å². The van der Waals surface area contributed by atoms with E-state index in [4.69, 9.17) is 9.47 Å². The lowest BCUT2D eigenvalue weighted by Gasteiger charge is -2.19. The van der Waals surface area contributed by atoms with E-state index in [-0.39, 0.29) is 24.9 Å². The minimum absolute atomic E-state index is 0.189. The standard InChI is InChI=1S/C23H29N3O5/c1-5-30-18-12-10-16(11-13-18)21(28)26-19-9-7-6-8-17(19)14-24-20(27)15-25-22(29)31-23(2,3)4/h6-13H,5,14-15H2,1-4H3,(H,24,27)(H,25,29)(H,26,28). The normalized spacial score (nSPS) is 10.7. The minimum atomic E-state index is -0.661. The van der Waals surface area contributed by atoms with Crippen molar-refractivity contribution in [3.63, 3.8) is 0 Å². The van der Waals surface area contributed by atoms with Crippen LogP contribution in [-0.2, 0) is 16.1 Å². The van der Waals surface area contributed by atoms with Gasteiger partial charge in [0.1, 0.15) is 17.9 Å². The zero-order valence-electron chi connectivity index (χ0n) is 18.3. The molecule has 0 aliphatic heterocycles. The van der Waals surface area contributed by atoms with Crippen molar-refractivity contribution in [1.82, 2.24) is 10.6 Å². The van der Waals surface area contributed by atoms with E-state index in [1.54, 1.807) is 63.2 Å². The number of hydrogen-bond acceptors (Lipinski definition) is 5. The maximum absolute atomic E-state index is 12.6. The van der Waals surface area contributed by atoms with Crippen LogP contribution in [0, 0.1) is 0 Å². The molecular formula is C23H29N3O5. The molecule has 8 nitrogen and oxygen atoms in total. The molecule has 0 unspecified atom stereocenters. The number of alkyl carbamates (subject to hydrolysis) is 1. The van der Waals surface area contributed by atoms with Gasteiger partial charge in [0.05, 0.1) is 6.61 Å². The van der Waals surface area contributed by atoms with E-state index in [0.717, 1.165) is 5.56 Å². The zero-order valence-corrected chi connectivity index (χ0v) is 18.3. The Morgan fingerprint density at radius 2 is 1.61 bits per heavy atom. The molecule has 2 aromatic carbocycles. The molecule has 3 amide bonds. The van der Waals surface area contributed by atoms with Crippen LogP contribution in [0.15, 0.2) is 48.5 Å². The third kappa shape index (κ3) is 8.38. The Bertz CT molecular complexity index is 904. The second-order valence-corrected chi connectivity index (χ2v) is 7.70. The van der Waals surface area contributed by atoms with Crippen molar-refractivity contribution in [2.45, 2.75) is 39.8 Å². The highest BCUT2D eigenvalue weighted by atomic mass is 16.6. The number of hydrogen-bond donors (Lipinski definition) is 3. The summed E-state index contributed by atoms with van der Waals surface area (Å²) in [4.78, 5) is 36.2. The molecule has 0 saturated heterocycles. The molecule has 0 fully saturated rings. The quantitative estimate of drug-likeness (QED) is 0.598. The molecule has 0 aliphatic rings. The van der Waals surface area contributed by atoms with Gasteiger partial charge >= 0.3 is 6.09 Å². The van der Waals surface area contributed by atoms with Crippen LogP contribution in [0.25, 0.3) is 0 Å². The van der Waals surface area contributed by atoms with Crippen LogP contribution in [0.3, 0.4) is 0 Å². The first kappa shape index (κ1) is 23.7. The number of carbonyl (C=O) groups is 3. The van der Waals surface area contributed by atoms with Crippen LogP contribution < -0.4 is 20.7 Å². The maximum atomic E-state index is 12.6. The van der Waals surface area contributed by atoms with Gasteiger partial charge in [0.15, 0.2) is 0 Å². The zero-order chi connectivity index (χ0) is 22.9. The Morgan fingerprint density at radius 3 is 2.26 bits per heavy atom. The smallest absolute Gasteiger partial charge is 0.408 e. The number of rotatable bonds is 8. The summed E-state index contributed by atoms with van der Waals surface area (Å²) in [6.45, 7) is 7.65. The highest BCUT2D eigenvalue weighted by Gasteiger charge is 2.16. The molecule has 0 bridgehead atoms. The lowest BCUT2D eigenvalue weighted by molar-refractivity contribution is -0.120. The lowest BCUT2D eigenvalue weighted by Crippen LogP contribution is -2.39. The second-order valence-electron chi connectivity index (χ2n) is 7.70. The minimum Gasteiger partial charge on any atom is -0.494 e. The Kier molecular flexibility index (Phi) is 8.43. The molecule has 8 heteroatoms. The predicted molar refractivity (Wildman–Crippen MR) is 118 cm³/mol. The van der Waals surface area contributed by atoms with E-state index < -0.39 is 11.7 Å². The monoisotopic (exact) mass is 427 g/mol. The summed E-state index contributed by atoms with van der Waals surface area (Å²) < 4.78 is 10.5. The van der Waals surface area contributed by atoms with E-state index >= 15 is 0 Å². The van der Waals surface area contributed by atoms with Crippen LogP contribution in [0.1, 0.15) is 43.6 Å². The van der Waals surface area contributed by atoms with Crippen LogP contribution in [0.5, 0.6) is 5.75 Å². The van der Waals surface area contributed by atoms with E-state index in [2.05, 4.69) is 16.0 Å². The van der Waals surface area contributed by atoms with Gasteiger partial charge in [-0.2, -0.15) is 0 Å². The molecule has 31 heavy (non-hydrogen) atoms. The fourth-order valence-electron chi connectivity index (χ4n) is 2.58. The summed E-state index contributed by atoms with van der Waals surface area (Å²) in [6.07, 6.45) is -0.661. The first-order valence-corrected chi connectivity index (χ1v) is 10.0. The fourth-order valence-corrected chi connectivity index (χ4v) is 2.58. The second kappa shape index (κ2) is 11.0. The average Bonchev–Trinajstić information content (AvgIpc) is 2.71. The largest absolute Gasteiger partial charge is 0.494 e. The van der Waals surface area contributed by atoms with Crippen LogP contribution >= 0.6 is 0 Å². The van der Waals surface area contributed by atoms with Gasteiger partial charge in [0.2, 0.25) is 5.91 Å². The number of ether oxygens (including phenoxy) is 2. The van der Waals surface area contributed by atoms with Gasteiger partial charge in [0.25, 0.3) is 5.91 Å². The van der Waals surface area contributed by atoms with Crippen molar-refractivity contribution in [1.29, 1.82) is 0 Å². The van der Waals surface area contributed by atoms with E-state index in [1.807, 2.05) is 13.0 Å². The van der Waals surface area contributed by atoms with Gasteiger partial charge in [-0.05, 0) is 63.6 Å². The summed E-state index contributed by atoms with van der Waals surface area (Å²) in [7, 11) is 0. The van der Waals surface area contributed by atoms with Gasteiger partial charge in [-0.15, -0.1) is 0 Å². The maximum Gasteiger partial charge on any atom is 0.408 e. The number of carbonyl (C=O) groups excluding carboxylic acids is 3. The highest BCUT2D eigenvalue weighted by molar-refractivity contribution is 6.04. The van der Waals surface area contributed by atoms with Gasteiger partial charge in [-0.1, -0.05) is 18.2 Å². The predicted octanol–water partition coefficient (Wildman–Crippen LogP) is 3.48. The van der Waals surface area contributed by atoms with Gasteiger partial charge in [-0.25, -0.2) is 4.79 Å². The third-order valence-corrected chi connectivity index (χ3v) is 3.96. The Hall–Kier alpha value is -3.55. The van der Waals surface area contributed by atoms with Crippen molar-refractivity contribution < 1.29 is 23.9 Å². The molecule has 0 spiro atoms. The molecule has 0 atom stereocenters. The third-order valence-electron chi connectivity index (χ3n) is 3.96. The molecule has 0 radical (unpaired) electrons. The lowest BCUT2D eigenvalue weighted by atomic mass is 10.1. The number of benzene rings is 2. The molecule has 3 N–H and O–H groups in total. The molecule has 166 valence electrons. The summed E-state index contributed by atoms with van der Waals surface area (Å²) in [5.41, 5.74) is 1.17. The van der Waals surface area contributed by atoms with Crippen molar-refractivity contribution in [3.05, 3.63) is 59.7 Å². The summed E-state index contributed by atoms with van der Waals surface area (Å²) >= 11 is 0. The summed E-state index contributed by atoms with van der Waals surface area (Å²) in [5, 5.41) is 7.98. The number of anilines is 1. The van der Waals surface area contributed by atoms with Crippen LogP contribution in [0.2, 0.25) is 0 Å². The fraction of sp³-hybridized carbons (Fsp3) is 0.348. The van der Waals surface area contributed by atoms with Gasteiger partial charge < -0.3 is 25.4 Å². The topological polar surface area (TPSA) is 106 Å². The van der Waals surface area contributed by atoms with Gasteiger partial charge in [0, 0.05) is 17.8 Å². The van der Waals surface area contributed by atoms with Crippen molar-refractivity contribution >= 4 is 23.6 Å². The molecule has 0 heterocycles. The SMILES string of the molecule is CCOc1ccc(C(=O)Nc2ccccc2CNC(=O)CNC(=O)OC(C)(C)C)cc1. The molecule has 0 saturated carbocycles. The van der Waals surface area contributed by atoms with Gasteiger partial charge in [-0.3, -0.25) is 9.59 Å². The first-order valence-electron chi connectivity index (χ1n) is 10.0. The Labute approximate surface area is 182 Å². The Morgan fingerprint density at radius 1 is 0.935 bits per heavy atom. The van der Waals surface area contributed by atoms with Crippen molar-refractivity contribution in [2.75, 3.05) is 18.5 Å². The number of para-hydroxylation sites is 1. The van der Waals surface area contributed by atoms with E-state index in [1.165, 1.54) is 0 Å². The van der Waals surface area contributed by atoms with Crippen molar-refractivity contribution in [3.8, 4) is 5.75 Å².